The summed E-state index contributed by atoms with van der Waals surface area (Å²) in [6.07, 6.45) is 3.39. The Kier molecular flexibility index (Phi) is 7.38. The first-order valence-corrected chi connectivity index (χ1v) is 9.31. The molecule has 1 fully saturated rings. The molecule has 8 nitrogen and oxygen atoms in total. The molecule has 1 aromatic carbocycles. The van der Waals surface area contributed by atoms with Crippen molar-refractivity contribution in [2.75, 3.05) is 0 Å². The zero-order valence-corrected chi connectivity index (χ0v) is 15.9. The van der Waals surface area contributed by atoms with Gasteiger partial charge in [-0.25, -0.2) is 0 Å². The van der Waals surface area contributed by atoms with Gasteiger partial charge >= 0.3 is 5.97 Å². The fraction of sp³-hybridized carbons (Fsp3) is 0.500. The quantitative estimate of drug-likeness (QED) is 0.616. The first kappa shape index (κ1) is 21.2. The van der Waals surface area contributed by atoms with Gasteiger partial charge in [-0.05, 0) is 49.4 Å². The van der Waals surface area contributed by atoms with Gasteiger partial charge in [-0.3, -0.25) is 25.2 Å². The minimum atomic E-state index is -0.914. The standard InChI is InChI=1S/C20H25N3O5/c1-14(28-16-7-5-15(13-21)6-8-16)19(27)23-22-17(24)11-20(12-18(25)26)9-3-2-4-10-20/h5-8,14H,2-4,9-12H2,1H3,(H,22,24)(H,23,27)(H,25,26)/t14-/m0/s1. The number of aliphatic carboxylic acids is 1. The molecule has 1 aliphatic carbocycles. The van der Waals surface area contributed by atoms with Crippen LogP contribution < -0.4 is 15.6 Å². The Morgan fingerprint density at radius 3 is 2.36 bits per heavy atom. The number of rotatable bonds is 7. The number of ether oxygens (including phenoxy) is 1. The fourth-order valence-electron chi connectivity index (χ4n) is 3.52. The third kappa shape index (κ3) is 6.27. The van der Waals surface area contributed by atoms with Gasteiger partial charge in [-0.1, -0.05) is 19.3 Å². The van der Waals surface area contributed by atoms with E-state index in [9.17, 15) is 19.5 Å². The van der Waals surface area contributed by atoms with Gasteiger partial charge in [0.25, 0.3) is 5.91 Å². The molecule has 1 atom stereocenters. The van der Waals surface area contributed by atoms with Crippen molar-refractivity contribution in [2.24, 2.45) is 5.41 Å². The van der Waals surface area contributed by atoms with Gasteiger partial charge in [0.05, 0.1) is 18.1 Å². The molecule has 2 amide bonds. The van der Waals surface area contributed by atoms with Gasteiger partial charge in [-0.2, -0.15) is 5.26 Å². The monoisotopic (exact) mass is 387 g/mol. The number of carboxylic acid groups (broad SMARTS) is 1. The van der Waals surface area contributed by atoms with E-state index in [1.54, 1.807) is 24.3 Å². The van der Waals surface area contributed by atoms with E-state index in [4.69, 9.17) is 10.00 Å². The van der Waals surface area contributed by atoms with E-state index in [-0.39, 0.29) is 12.8 Å². The number of amides is 2. The van der Waals surface area contributed by atoms with E-state index >= 15 is 0 Å². The second-order valence-electron chi connectivity index (χ2n) is 7.24. The summed E-state index contributed by atoms with van der Waals surface area (Å²) in [6, 6.07) is 8.31. The van der Waals surface area contributed by atoms with Crippen LogP contribution >= 0.6 is 0 Å². The molecule has 0 unspecified atom stereocenters. The molecular formula is C20H25N3O5. The first-order valence-electron chi connectivity index (χ1n) is 9.31. The van der Waals surface area contributed by atoms with Crippen molar-refractivity contribution >= 4 is 17.8 Å². The molecule has 0 saturated heterocycles. The van der Waals surface area contributed by atoms with E-state index in [2.05, 4.69) is 10.9 Å². The van der Waals surface area contributed by atoms with Gasteiger partial charge in [0.1, 0.15) is 5.75 Å². The van der Waals surface area contributed by atoms with E-state index < -0.39 is 29.3 Å². The van der Waals surface area contributed by atoms with E-state index in [1.165, 1.54) is 6.92 Å². The highest BCUT2D eigenvalue weighted by Crippen LogP contribution is 2.42. The van der Waals surface area contributed by atoms with Crippen molar-refractivity contribution in [3.05, 3.63) is 29.8 Å². The molecule has 1 aromatic rings. The maximum absolute atomic E-state index is 12.3. The lowest BCUT2D eigenvalue weighted by atomic mass is 9.69. The summed E-state index contributed by atoms with van der Waals surface area (Å²) in [5.41, 5.74) is 4.61. The van der Waals surface area contributed by atoms with Gasteiger partial charge in [0.2, 0.25) is 5.91 Å². The lowest BCUT2D eigenvalue weighted by Gasteiger charge is -2.35. The first-order chi connectivity index (χ1) is 13.3. The number of benzene rings is 1. The lowest BCUT2D eigenvalue weighted by Crippen LogP contribution is -2.48. The van der Waals surface area contributed by atoms with Crippen LogP contribution in [0.3, 0.4) is 0 Å². The molecule has 0 bridgehead atoms. The SMILES string of the molecule is C[C@H](Oc1ccc(C#N)cc1)C(=O)NNC(=O)CC1(CC(=O)O)CCCCC1. The number of carboxylic acids is 1. The summed E-state index contributed by atoms with van der Waals surface area (Å²) in [7, 11) is 0. The Morgan fingerprint density at radius 2 is 1.79 bits per heavy atom. The van der Waals surface area contributed by atoms with Gasteiger partial charge in [-0.15, -0.1) is 0 Å². The lowest BCUT2D eigenvalue weighted by molar-refractivity contribution is -0.142. The number of carbonyl (C=O) groups is 3. The topological polar surface area (TPSA) is 129 Å². The number of hydrogen-bond acceptors (Lipinski definition) is 5. The van der Waals surface area contributed by atoms with Crippen molar-refractivity contribution in [3.8, 4) is 11.8 Å². The summed E-state index contributed by atoms with van der Waals surface area (Å²) < 4.78 is 5.48. The number of nitrogens with zero attached hydrogens (tertiary/aromatic N) is 1. The minimum Gasteiger partial charge on any atom is -0.481 e. The summed E-state index contributed by atoms with van der Waals surface area (Å²) in [5.74, 6) is -1.44. The predicted octanol–water partition coefficient (Wildman–Crippen LogP) is 2.29. The Balaban J connectivity index is 1.83. The van der Waals surface area contributed by atoms with Crippen LogP contribution in [0.15, 0.2) is 24.3 Å². The third-order valence-corrected chi connectivity index (χ3v) is 4.97. The number of nitriles is 1. The molecule has 3 N–H and O–H groups in total. The van der Waals surface area contributed by atoms with Gasteiger partial charge < -0.3 is 9.84 Å². The van der Waals surface area contributed by atoms with Crippen LogP contribution in [0.25, 0.3) is 0 Å². The molecular weight excluding hydrogens is 362 g/mol. The van der Waals surface area contributed by atoms with Crippen LogP contribution in [0.1, 0.15) is 57.4 Å². The van der Waals surface area contributed by atoms with Crippen molar-refractivity contribution in [3.63, 3.8) is 0 Å². The smallest absolute Gasteiger partial charge is 0.303 e. The molecule has 2 rings (SSSR count). The number of carbonyl (C=O) groups excluding carboxylic acids is 2. The Hall–Kier alpha value is -3.08. The Morgan fingerprint density at radius 1 is 1.14 bits per heavy atom. The number of hydrazine groups is 1. The molecule has 0 spiro atoms. The number of hydrogen-bond donors (Lipinski definition) is 3. The summed E-state index contributed by atoms with van der Waals surface area (Å²) in [4.78, 5) is 35.6. The molecule has 0 aliphatic heterocycles. The molecule has 0 heterocycles. The van der Waals surface area contributed by atoms with Crippen LogP contribution in [0, 0.1) is 16.7 Å². The molecule has 0 radical (unpaired) electrons. The Bertz CT molecular complexity index is 748. The average Bonchev–Trinajstić information content (AvgIpc) is 2.66. The highest BCUT2D eigenvalue weighted by Gasteiger charge is 2.36. The molecule has 0 aromatic heterocycles. The van der Waals surface area contributed by atoms with E-state index in [1.807, 2.05) is 6.07 Å². The minimum absolute atomic E-state index is 0.0490. The third-order valence-electron chi connectivity index (χ3n) is 4.97. The van der Waals surface area contributed by atoms with Crippen LogP contribution in [-0.2, 0) is 14.4 Å². The maximum atomic E-state index is 12.3. The molecule has 28 heavy (non-hydrogen) atoms. The number of nitrogens with one attached hydrogen (secondary N) is 2. The Labute approximate surface area is 163 Å². The van der Waals surface area contributed by atoms with Crippen LogP contribution in [0.5, 0.6) is 5.75 Å². The van der Waals surface area contributed by atoms with E-state index in [0.717, 1.165) is 19.3 Å². The molecule has 1 aliphatic rings. The van der Waals surface area contributed by atoms with Crippen molar-refractivity contribution in [1.82, 2.24) is 10.9 Å². The fourth-order valence-corrected chi connectivity index (χ4v) is 3.52. The molecule has 1 saturated carbocycles. The predicted molar refractivity (Wildman–Crippen MR) is 99.9 cm³/mol. The summed E-state index contributed by atoms with van der Waals surface area (Å²) in [5, 5.41) is 17.9. The molecule has 150 valence electrons. The normalized spacial score (nSPS) is 16.3. The van der Waals surface area contributed by atoms with Gasteiger partial charge in [0, 0.05) is 6.42 Å². The molecule has 8 heteroatoms. The van der Waals surface area contributed by atoms with Gasteiger partial charge in [0.15, 0.2) is 6.10 Å². The summed E-state index contributed by atoms with van der Waals surface area (Å²) >= 11 is 0. The van der Waals surface area contributed by atoms with Crippen LogP contribution in [0.2, 0.25) is 0 Å². The average molecular weight is 387 g/mol. The highest BCUT2D eigenvalue weighted by atomic mass is 16.5. The second-order valence-corrected chi connectivity index (χ2v) is 7.24. The van der Waals surface area contributed by atoms with Crippen molar-refractivity contribution in [2.45, 2.75) is 58.0 Å². The zero-order valence-electron chi connectivity index (χ0n) is 15.9. The second kappa shape index (κ2) is 9.74. The van der Waals surface area contributed by atoms with Crippen LogP contribution in [-0.4, -0.2) is 29.0 Å². The highest BCUT2D eigenvalue weighted by molar-refractivity contribution is 5.85. The van der Waals surface area contributed by atoms with Crippen molar-refractivity contribution < 1.29 is 24.2 Å². The maximum Gasteiger partial charge on any atom is 0.303 e. The van der Waals surface area contributed by atoms with Crippen molar-refractivity contribution in [1.29, 1.82) is 5.26 Å². The van der Waals surface area contributed by atoms with Crippen LogP contribution in [0.4, 0.5) is 0 Å². The summed E-state index contributed by atoms with van der Waals surface area (Å²) in [6.45, 7) is 1.53. The zero-order chi connectivity index (χ0) is 20.6. The largest absolute Gasteiger partial charge is 0.481 e. The van der Waals surface area contributed by atoms with E-state index in [0.29, 0.717) is 24.2 Å².